The summed E-state index contributed by atoms with van der Waals surface area (Å²) >= 11 is 5.09. The standard InChI is InChI=1S/C18H16FN3O2S/c1-10-7-8-12(9-14(10)19)20-18(25)22-21-17(23)16-11(2)13-5-3-4-6-15(13)24-16/h3-9H,1-2H3,(H,21,23)(H2,20,22,25). The zero-order chi connectivity index (χ0) is 18.0. The maximum absolute atomic E-state index is 13.5. The van der Waals surface area contributed by atoms with E-state index in [0.717, 1.165) is 10.9 Å². The third-order valence-electron chi connectivity index (χ3n) is 3.77. The van der Waals surface area contributed by atoms with E-state index >= 15 is 0 Å². The van der Waals surface area contributed by atoms with Gasteiger partial charge in [0.25, 0.3) is 0 Å². The lowest BCUT2D eigenvalue weighted by molar-refractivity contribution is 0.0917. The molecule has 0 saturated carbocycles. The van der Waals surface area contributed by atoms with Crippen LogP contribution in [-0.2, 0) is 0 Å². The zero-order valence-electron chi connectivity index (χ0n) is 13.6. The third-order valence-corrected chi connectivity index (χ3v) is 3.97. The van der Waals surface area contributed by atoms with E-state index < -0.39 is 5.91 Å². The van der Waals surface area contributed by atoms with Crippen molar-refractivity contribution in [3.8, 4) is 0 Å². The maximum Gasteiger partial charge on any atom is 0.305 e. The summed E-state index contributed by atoms with van der Waals surface area (Å²) < 4.78 is 19.1. The minimum atomic E-state index is -0.451. The molecule has 0 aliphatic carbocycles. The molecule has 0 atom stereocenters. The number of hydrogen-bond acceptors (Lipinski definition) is 3. The summed E-state index contributed by atoms with van der Waals surface area (Å²) in [4.78, 5) is 12.3. The minimum Gasteiger partial charge on any atom is -0.451 e. The van der Waals surface area contributed by atoms with Crippen molar-refractivity contribution in [2.45, 2.75) is 13.8 Å². The third kappa shape index (κ3) is 3.61. The van der Waals surface area contributed by atoms with Gasteiger partial charge in [-0.2, -0.15) is 0 Å². The number of halogens is 1. The number of hydrogen-bond donors (Lipinski definition) is 3. The Labute approximate surface area is 149 Å². The second-order valence-electron chi connectivity index (χ2n) is 5.55. The van der Waals surface area contributed by atoms with Gasteiger partial charge in [-0.15, -0.1) is 0 Å². The van der Waals surface area contributed by atoms with Crippen LogP contribution in [0.25, 0.3) is 11.0 Å². The second kappa shape index (κ2) is 6.90. The number of rotatable bonds is 2. The van der Waals surface area contributed by atoms with Crippen LogP contribution in [0.3, 0.4) is 0 Å². The van der Waals surface area contributed by atoms with E-state index in [1.165, 1.54) is 6.07 Å². The molecular weight excluding hydrogens is 341 g/mol. The van der Waals surface area contributed by atoms with E-state index in [2.05, 4.69) is 16.2 Å². The largest absolute Gasteiger partial charge is 0.451 e. The number of amides is 1. The SMILES string of the molecule is Cc1ccc(NC(=S)NNC(=O)c2oc3ccccc3c2C)cc1F. The van der Waals surface area contributed by atoms with Crippen molar-refractivity contribution in [3.63, 3.8) is 0 Å². The number of thiocarbonyl (C=S) groups is 1. The molecule has 1 heterocycles. The van der Waals surface area contributed by atoms with Gasteiger partial charge in [-0.05, 0) is 49.8 Å². The molecule has 0 aliphatic heterocycles. The number of nitrogens with one attached hydrogen (secondary N) is 3. The first-order valence-corrected chi connectivity index (χ1v) is 7.98. The van der Waals surface area contributed by atoms with Crippen LogP contribution in [0.2, 0.25) is 0 Å². The molecular formula is C18H16FN3O2S. The average Bonchev–Trinajstić information content (AvgIpc) is 2.93. The van der Waals surface area contributed by atoms with Gasteiger partial charge in [0.05, 0.1) is 0 Å². The molecule has 3 aromatic rings. The topological polar surface area (TPSA) is 66.3 Å². The molecule has 7 heteroatoms. The molecule has 0 unspecified atom stereocenters. The van der Waals surface area contributed by atoms with Crippen molar-refractivity contribution in [1.29, 1.82) is 0 Å². The molecule has 0 fully saturated rings. The van der Waals surface area contributed by atoms with Crippen LogP contribution in [0.4, 0.5) is 10.1 Å². The Bertz CT molecular complexity index is 968. The minimum absolute atomic E-state index is 0.130. The van der Waals surface area contributed by atoms with Crippen LogP contribution in [0, 0.1) is 19.7 Å². The summed E-state index contributed by atoms with van der Waals surface area (Å²) in [6, 6.07) is 12.1. The first-order chi connectivity index (χ1) is 12.0. The molecule has 0 aliphatic rings. The van der Waals surface area contributed by atoms with Gasteiger partial charge in [0.2, 0.25) is 0 Å². The van der Waals surface area contributed by atoms with Crippen LogP contribution in [0.5, 0.6) is 0 Å². The first kappa shape index (κ1) is 16.9. The van der Waals surface area contributed by atoms with Gasteiger partial charge in [-0.3, -0.25) is 15.6 Å². The molecule has 25 heavy (non-hydrogen) atoms. The highest BCUT2D eigenvalue weighted by atomic mass is 32.1. The summed E-state index contributed by atoms with van der Waals surface area (Å²) in [6.07, 6.45) is 0. The summed E-state index contributed by atoms with van der Waals surface area (Å²) in [5.74, 6) is -0.583. The Morgan fingerprint density at radius 2 is 1.88 bits per heavy atom. The molecule has 1 aromatic heterocycles. The molecule has 3 rings (SSSR count). The molecule has 2 aromatic carbocycles. The maximum atomic E-state index is 13.5. The predicted octanol–water partition coefficient (Wildman–Crippen LogP) is 3.82. The van der Waals surface area contributed by atoms with E-state index in [1.54, 1.807) is 25.1 Å². The smallest absolute Gasteiger partial charge is 0.305 e. The molecule has 1 amide bonds. The number of aryl methyl sites for hydroxylation is 2. The van der Waals surface area contributed by atoms with Crippen LogP contribution >= 0.6 is 12.2 Å². The van der Waals surface area contributed by atoms with Gasteiger partial charge < -0.3 is 9.73 Å². The van der Waals surface area contributed by atoms with Crippen molar-refractivity contribution in [2.75, 3.05) is 5.32 Å². The summed E-state index contributed by atoms with van der Waals surface area (Å²) in [5.41, 5.74) is 7.45. The Morgan fingerprint density at radius 1 is 1.12 bits per heavy atom. The van der Waals surface area contributed by atoms with Crippen LogP contribution in [-0.4, -0.2) is 11.0 Å². The Morgan fingerprint density at radius 3 is 2.60 bits per heavy atom. The lowest BCUT2D eigenvalue weighted by atomic mass is 10.1. The number of fused-ring (bicyclic) bond motifs is 1. The fourth-order valence-corrected chi connectivity index (χ4v) is 2.56. The highest BCUT2D eigenvalue weighted by molar-refractivity contribution is 7.80. The molecule has 3 N–H and O–H groups in total. The van der Waals surface area contributed by atoms with E-state index in [4.69, 9.17) is 16.6 Å². The van der Waals surface area contributed by atoms with Crippen molar-refractivity contribution in [1.82, 2.24) is 10.9 Å². The van der Waals surface area contributed by atoms with Gasteiger partial charge >= 0.3 is 5.91 Å². The van der Waals surface area contributed by atoms with Crippen molar-refractivity contribution < 1.29 is 13.6 Å². The molecule has 0 saturated heterocycles. The van der Waals surface area contributed by atoms with Gasteiger partial charge in [0, 0.05) is 16.6 Å². The Kier molecular flexibility index (Phi) is 4.67. The van der Waals surface area contributed by atoms with Gasteiger partial charge in [0.1, 0.15) is 11.4 Å². The normalized spacial score (nSPS) is 10.5. The number of para-hydroxylation sites is 1. The van der Waals surface area contributed by atoms with Gasteiger partial charge in [-0.25, -0.2) is 4.39 Å². The monoisotopic (exact) mass is 357 g/mol. The number of benzene rings is 2. The fraction of sp³-hybridized carbons (Fsp3) is 0.111. The van der Waals surface area contributed by atoms with Gasteiger partial charge in [-0.1, -0.05) is 24.3 Å². The number of hydrazine groups is 1. The van der Waals surface area contributed by atoms with Crippen molar-refractivity contribution >= 4 is 39.9 Å². The summed E-state index contributed by atoms with van der Waals surface area (Å²) in [7, 11) is 0. The fourth-order valence-electron chi connectivity index (χ4n) is 2.39. The average molecular weight is 357 g/mol. The van der Waals surface area contributed by atoms with E-state index in [1.807, 2.05) is 25.1 Å². The van der Waals surface area contributed by atoms with E-state index in [-0.39, 0.29) is 16.7 Å². The highest BCUT2D eigenvalue weighted by Gasteiger charge is 2.17. The van der Waals surface area contributed by atoms with Crippen molar-refractivity contribution in [3.05, 3.63) is 65.2 Å². The highest BCUT2D eigenvalue weighted by Crippen LogP contribution is 2.24. The molecule has 0 spiro atoms. The predicted molar refractivity (Wildman–Crippen MR) is 98.9 cm³/mol. The number of anilines is 1. The number of carbonyl (C=O) groups excluding carboxylic acids is 1. The van der Waals surface area contributed by atoms with Crippen molar-refractivity contribution in [2.24, 2.45) is 0 Å². The summed E-state index contributed by atoms with van der Waals surface area (Å²) in [6.45, 7) is 3.48. The van der Waals surface area contributed by atoms with Gasteiger partial charge in [0.15, 0.2) is 10.9 Å². The Balaban J connectivity index is 1.64. The number of carbonyl (C=O) groups is 1. The quantitative estimate of drug-likeness (QED) is 0.481. The zero-order valence-corrected chi connectivity index (χ0v) is 14.5. The van der Waals surface area contributed by atoms with E-state index in [9.17, 15) is 9.18 Å². The van der Waals surface area contributed by atoms with Crippen LogP contribution < -0.4 is 16.2 Å². The molecule has 0 bridgehead atoms. The molecule has 5 nitrogen and oxygen atoms in total. The second-order valence-corrected chi connectivity index (χ2v) is 5.96. The van der Waals surface area contributed by atoms with Crippen LogP contribution in [0.1, 0.15) is 21.7 Å². The number of furan rings is 1. The lowest BCUT2D eigenvalue weighted by Crippen LogP contribution is -2.43. The molecule has 128 valence electrons. The molecule has 0 radical (unpaired) electrons. The lowest BCUT2D eigenvalue weighted by Gasteiger charge is -2.11. The first-order valence-electron chi connectivity index (χ1n) is 7.57. The summed E-state index contributed by atoms with van der Waals surface area (Å²) in [5, 5.41) is 3.80. The van der Waals surface area contributed by atoms with E-state index in [0.29, 0.717) is 16.8 Å². The Hall–Kier alpha value is -2.93. The van der Waals surface area contributed by atoms with Crippen LogP contribution in [0.15, 0.2) is 46.9 Å².